The van der Waals surface area contributed by atoms with Crippen LogP contribution in [0.25, 0.3) is 6.08 Å². The predicted molar refractivity (Wildman–Crippen MR) is 106 cm³/mol. The first-order valence-corrected chi connectivity index (χ1v) is 9.14. The second-order valence-corrected chi connectivity index (χ2v) is 6.93. The van der Waals surface area contributed by atoms with Crippen LogP contribution < -0.4 is 0 Å². The highest BCUT2D eigenvalue weighted by Crippen LogP contribution is 2.35. The van der Waals surface area contributed by atoms with Crippen LogP contribution >= 0.6 is 11.8 Å². The zero-order valence-corrected chi connectivity index (χ0v) is 15.7. The zero-order chi connectivity index (χ0) is 19.6. The summed E-state index contributed by atoms with van der Waals surface area (Å²) in [6, 6.07) is 11.9. The lowest BCUT2D eigenvalue weighted by Gasteiger charge is -2.12. The number of phenols is 1. The molecule has 0 saturated carbocycles. The number of hydrogen-bond donors (Lipinski definition) is 2. The van der Waals surface area contributed by atoms with Gasteiger partial charge in [0.1, 0.15) is 11.3 Å². The van der Waals surface area contributed by atoms with Crippen molar-refractivity contribution in [2.24, 2.45) is 4.99 Å². The van der Waals surface area contributed by atoms with Gasteiger partial charge in [-0.25, -0.2) is 9.79 Å². The van der Waals surface area contributed by atoms with Crippen molar-refractivity contribution >= 4 is 40.6 Å². The van der Waals surface area contributed by atoms with Crippen molar-refractivity contribution < 1.29 is 19.8 Å². The molecule has 0 aliphatic carbocycles. The third-order valence-electron chi connectivity index (χ3n) is 4.12. The first-order chi connectivity index (χ1) is 12.9. The number of amides is 1. The molecule has 1 saturated heterocycles. The highest BCUT2D eigenvalue weighted by Gasteiger charge is 2.32. The molecule has 1 aliphatic heterocycles. The maximum Gasteiger partial charge on any atom is 0.339 e. The lowest BCUT2D eigenvalue weighted by molar-refractivity contribution is -0.122. The normalized spacial score (nSPS) is 17.1. The number of likely N-dealkylation sites (N-methyl/N-ethyl adjacent to an activating group) is 1. The summed E-state index contributed by atoms with van der Waals surface area (Å²) in [6.07, 6.45) is 1.85. The van der Waals surface area contributed by atoms with Crippen LogP contribution in [-0.4, -0.2) is 38.7 Å². The van der Waals surface area contributed by atoms with Crippen LogP contribution in [0, 0.1) is 6.92 Å². The summed E-state index contributed by atoms with van der Waals surface area (Å²) in [7, 11) is 0. The number of benzene rings is 2. The molecule has 7 heteroatoms. The Morgan fingerprint density at radius 1 is 1.26 bits per heavy atom. The van der Waals surface area contributed by atoms with Crippen molar-refractivity contribution in [3.8, 4) is 5.75 Å². The van der Waals surface area contributed by atoms with Crippen molar-refractivity contribution in [2.75, 3.05) is 6.54 Å². The average Bonchev–Trinajstić information content (AvgIpc) is 2.91. The van der Waals surface area contributed by atoms with Crippen molar-refractivity contribution in [3.05, 3.63) is 64.1 Å². The highest BCUT2D eigenvalue weighted by molar-refractivity contribution is 8.18. The van der Waals surface area contributed by atoms with Gasteiger partial charge in [-0.15, -0.1) is 0 Å². The standard InChI is InChI=1S/C20H18N2O4S/c1-3-22-18(24)17(10-13-7-5-4-6-12(13)2)27-20(22)21-14-8-9-15(19(25)26)16(23)11-14/h4-11,23H,3H2,1-2H3,(H,25,26)/b17-10-,21-20?. The Hall–Kier alpha value is -3.06. The van der Waals surface area contributed by atoms with Crippen LogP contribution in [0.5, 0.6) is 5.75 Å². The number of hydrogen-bond acceptors (Lipinski definition) is 5. The number of nitrogens with zero attached hydrogens (tertiary/aromatic N) is 2. The smallest absolute Gasteiger partial charge is 0.339 e. The van der Waals surface area contributed by atoms with Gasteiger partial charge in [0.15, 0.2) is 5.17 Å². The molecule has 1 fully saturated rings. The molecule has 0 bridgehead atoms. The number of amidine groups is 1. The van der Waals surface area contributed by atoms with Crippen molar-refractivity contribution in [1.29, 1.82) is 0 Å². The molecule has 27 heavy (non-hydrogen) atoms. The first kappa shape index (κ1) is 18.7. The van der Waals surface area contributed by atoms with Gasteiger partial charge in [-0.05, 0) is 54.9 Å². The number of aromatic hydroxyl groups is 1. The lowest BCUT2D eigenvalue weighted by Crippen LogP contribution is -2.28. The van der Waals surface area contributed by atoms with E-state index in [2.05, 4.69) is 4.99 Å². The third kappa shape index (κ3) is 3.88. The van der Waals surface area contributed by atoms with Crippen LogP contribution in [-0.2, 0) is 4.79 Å². The van der Waals surface area contributed by atoms with Crippen LogP contribution in [0.4, 0.5) is 5.69 Å². The molecule has 3 rings (SSSR count). The van der Waals surface area contributed by atoms with E-state index in [1.807, 2.05) is 44.2 Å². The lowest BCUT2D eigenvalue weighted by atomic mass is 10.1. The molecule has 0 aromatic heterocycles. The van der Waals surface area contributed by atoms with Gasteiger partial charge in [0.05, 0.1) is 10.6 Å². The SMILES string of the molecule is CCN1C(=O)/C(=C/c2ccccc2C)SC1=Nc1ccc(C(=O)O)c(O)c1. The van der Waals surface area contributed by atoms with E-state index >= 15 is 0 Å². The average molecular weight is 382 g/mol. The summed E-state index contributed by atoms with van der Waals surface area (Å²) >= 11 is 1.26. The van der Waals surface area contributed by atoms with Crippen LogP contribution in [0.1, 0.15) is 28.4 Å². The molecular weight excluding hydrogens is 364 g/mol. The number of carbonyl (C=O) groups excluding carboxylic acids is 1. The number of carboxylic acids is 1. The monoisotopic (exact) mass is 382 g/mol. The fraction of sp³-hybridized carbons (Fsp3) is 0.150. The first-order valence-electron chi connectivity index (χ1n) is 8.32. The van der Waals surface area contributed by atoms with Gasteiger partial charge in [-0.1, -0.05) is 24.3 Å². The molecule has 2 aromatic carbocycles. The molecule has 0 unspecified atom stereocenters. The molecule has 0 spiro atoms. The molecule has 1 heterocycles. The van der Waals surface area contributed by atoms with Crippen molar-refractivity contribution in [2.45, 2.75) is 13.8 Å². The molecule has 1 amide bonds. The van der Waals surface area contributed by atoms with E-state index in [9.17, 15) is 14.7 Å². The van der Waals surface area contributed by atoms with E-state index in [4.69, 9.17) is 5.11 Å². The summed E-state index contributed by atoms with van der Waals surface area (Å²) in [4.78, 5) is 30.2. The minimum atomic E-state index is -1.21. The van der Waals surface area contributed by atoms with E-state index < -0.39 is 5.97 Å². The van der Waals surface area contributed by atoms with E-state index in [-0.39, 0.29) is 17.2 Å². The molecule has 0 radical (unpaired) electrons. The minimum absolute atomic E-state index is 0.129. The molecule has 2 aromatic rings. The molecular formula is C20H18N2O4S. The van der Waals surface area contributed by atoms with E-state index in [1.165, 1.54) is 30.0 Å². The third-order valence-corrected chi connectivity index (χ3v) is 5.12. The van der Waals surface area contributed by atoms with Crippen LogP contribution in [0.2, 0.25) is 0 Å². The van der Waals surface area contributed by atoms with Crippen molar-refractivity contribution in [3.63, 3.8) is 0 Å². The number of aromatic carboxylic acids is 1. The van der Waals surface area contributed by atoms with Crippen molar-refractivity contribution in [1.82, 2.24) is 4.90 Å². The number of carbonyl (C=O) groups is 2. The maximum absolute atomic E-state index is 12.7. The molecule has 2 N–H and O–H groups in total. The minimum Gasteiger partial charge on any atom is -0.507 e. The Labute approximate surface area is 160 Å². The van der Waals surface area contributed by atoms with Gasteiger partial charge in [0, 0.05) is 12.6 Å². The fourth-order valence-corrected chi connectivity index (χ4v) is 3.69. The van der Waals surface area contributed by atoms with E-state index in [0.717, 1.165) is 11.1 Å². The number of aryl methyl sites for hydroxylation is 1. The quantitative estimate of drug-likeness (QED) is 0.780. The number of thioether (sulfide) groups is 1. The highest BCUT2D eigenvalue weighted by atomic mass is 32.2. The Morgan fingerprint density at radius 2 is 2.00 bits per heavy atom. The molecule has 138 valence electrons. The van der Waals surface area contributed by atoms with E-state index in [1.54, 1.807) is 4.90 Å². The fourth-order valence-electron chi connectivity index (χ4n) is 2.64. The van der Waals surface area contributed by atoms with Crippen LogP contribution in [0.3, 0.4) is 0 Å². The van der Waals surface area contributed by atoms with Gasteiger partial charge < -0.3 is 10.2 Å². The number of aliphatic imine (C=N–C) groups is 1. The number of carboxylic acid groups (broad SMARTS) is 1. The number of rotatable bonds is 4. The van der Waals surface area contributed by atoms with Gasteiger partial charge in [0.2, 0.25) is 0 Å². The van der Waals surface area contributed by atoms with Gasteiger partial charge >= 0.3 is 5.97 Å². The second-order valence-electron chi connectivity index (χ2n) is 5.92. The summed E-state index contributed by atoms with van der Waals surface area (Å²) in [5.74, 6) is -1.70. The molecule has 1 aliphatic rings. The summed E-state index contributed by atoms with van der Waals surface area (Å²) in [5.41, 5.74) is 2.22. The molecule has 0 atom stereocenters. The summed E-state index contributed by atoms with van der Waals surface area (Å²) < 4.78 is 0. The Bertz CT molecular complexity index is 982. The van der Waals surface area contributed by atoms with Gasteiger partial charge in [-0.3, -0.25) is 9.69 Å². The Balaban J connectivity index is 1.95. The summed E-state index contributed by atoms with van der Waals surface area (Å²) in [5, 5.41) is 19.3. The van der Waals surface area contributed by atoms with Gasteiger partial charge in [-0.2, -0.15) is 0 Å². The Morgan fingerprint density at radius 3 is 2.63 bits per heavy atom. The predicted octanol–water partition coefficient (Wildman–Crippen LogP) is 4.02. The molecule has 6 nitrogen and oxygen atoms in total. The zero-order valence-electron chi connectivity index (χ0n) is 14.8. The maximum atomic E-state index is 12.7. The van der Waals surface area contributed by atoms with E-state index in [0.29, 0.717) is 22.3 Å². The van der Waals surface area contributed by atoms with Gasteiger partial charge in [0.25, 0.3) is 5.91 Å². The second kappa shape index (κ2) is 7.67. The Kier molecular flexibility index (Phi) is 5.32. The van der Waals surface area contributed by atoms with Crippen LogP contribution in [0.15, 0.2) is 52.4 Å². The summed E-state index contributed by atoms with van der Waals surface area (Å²) in [6.45, 7) is 4.29. The topological polar surface area (TPSA) is 90.2 Å². The largest absolute Gasteiger partial charge is 0.507 e.